The molecule has 14 heteroatoms. The van der Waals surface area contributed by atoms with Crippen LogP contribution in [-0.4, -0.2) is 61.1 Å². The predicted molar refractivity (Wildman–Crippen MR) is 164 cm³/mol. The van der Waals surface area contributed by atoms with E-state index in [1.165, 1.54) is 41.4 Å². The first-order valence-electron chi connectivity index (χ1n) is 15.0. The van der Waals surface area contributed by atoms with Gasteiger partial charge in [-0.15, -0.1) is 0 Å². The van der Waals surface area contributed by atoms with Crippen molar-refractivity contribution >= 4 is 29.1 Å². The standard InChI is InChI=1S/C33H30F4N4O6/c34-32(35)46-24-7-1-4-20(17-24)16-21-5-3-9-26-29(21)38-40(30(26)22-6-2-8-25(18-22)47-33(36)37)31(42)23-10-11-27(28(19-23)41(43)44)39-12-14-45-15-13-39/h1-2,4,6-8,10-11,16-19,26,30,32-33H,3,5,9,12-15H2/b21-16+/t26-,30-/m1/s1. The van der Waals surface area contributed by atoms with Crippen molar-refractivity contribution in [2.45, 2.75) is 38.5 Å². The molecule has 0 spiro atoms. The molecule has 3 aromatic carbocycles. The molecule has 0 unspecified atom stereocenters. The lowest BCUT2D eigenvalue weighted by Gasteiger charge is -2.30. The van der Waals surface area contributed by atoms with Crippen LogP contribution in [0.25, 0.3) is 6.08 Å². The zero-order valence-electron chi connectivity index (χ0n) is 24.9. The number of alkyl halides is 4. The molecule has 2 aliphatic heterocycles. The fourth-order valence-electron chi connectivity index (χ4n) is 6.36. The Balaban J connectivity index is 1.40. The number of amides is 1. The van der Waals surface area contributed by atoms with E-state index in [0.29, 0.717) is 68.1 Å². The first kappa shape index (κ1) is 32.0. The van der Waals surface area contributed by atoms with Crippen LogP contribution in [0.15, 0.2) is 77.4 Å². The molecule has 0 radical (unpaired) electrons. The van der Waals surface area contributed by atoms with E-state index in [1.54, 1.807) is 36.4 Å². The molecule has 0 bridgehead atoms. The lowest BCUT2D eigenvalue weighted by molar-refractivity contribution is -0.384. The van der Waals surface area contributed by atoms with Crippen molar-refractivity contribution in [2.24, 2.45) is 11.0 Å². The second kappa shape index (κ2) is 13.8. The van der Waals surface area contributed by atoms with Crippen molar-refractivity contribution in [3.05, 3.63) is 99.1 Å². The minimum atomic E-state index is -3.06. The Morgan fingerprint density at radius 3 is 2.38 bits per heavy atom. The van der Waals surface area contributed by atoms with Gasteiger partial charge in [0, 0.05) is 30.6 Å². The molecular formula is C33H30F4N4O6. The molecule has 3 aliphatic rings. The number of halogens is 4. The highest BCUT2D eigenvalue weighted by atomic mass is 19.3. The summed E-state index contributed by atoms with van der Waals surface area (Å²) in [5, 5.41) is 18.2. The van der Waals surface area contributed by atoms with Crippen LogP contribution in [0.2, 0.25) is 0 Å². The number of fused-ring (bicyclic) bond motifs is 1. The van der Waals surface area contributed by atoms with E-state index >= 15 is 0 Å². The number of carbonyl (C=O) groups excluding carboxylic acids is 1. The number of ether oxygens (including phenoxy) is 3. The second-order valence-corrected chi connectivity index (χ2v) is 11.2. The highest BCUT2D eigenvalue weighted by Gasteiger charge is 2.44. The summed E-state index contributed by atoms with van der Waals surface area (Å²) in [6.07, 6.45) is 3.69. The van der Waals surface area contributed by atoms with Gasteiger partial charge >= 0.3 is 13.2 Å². The van der Waals surface area contributed by atoms with Crippen LogP contribution in [0.5, 0.6) is 11.5 Å². The third-order valence-corrected chi connectivity index (χ3v) is 8.33. The van der Waals surface area contributed by atoms with E-state index in [4.69, 9.17) is 9.84 Å². The molecule has 6 rings (SSSR count). The normalized spacial score (nSPS) is 20.4. The zero-order chi connectivity index (χ0) is 33.1. The summed E-state index contributed by atoms with van der Waals surface area (Å²) in [7, 11) is 0. The monoisotopic (exact) mass is 654 g/mol. The van der Waals surface area contributed by atoms with Crippen LogP contribution in [0, 0.1) is 16.0 Å². The molecule has 0 aromatic heterocycles. The van der Waals surface area contributed by atoms with Gasteiger partial charge in [-0.25, -0.2) is 5.01 Å². The van der Waals surface area contributed by atoms with Gasteiger partial charge in [0.25, 0.3) is 11.6 Å². The van der Waals surface area contributed by atoms with Crippen LogP contribution >= 0.6 is 0 Å². The highest BCUT2D eigenvalue weighted by Crippen LogP contribution is 2.46. The predicted octanol–water partition coefficient (Wildman–Crippen LogP) is 7.07. The number of hydrogen-bond acceptors (Lipinski definition) is 8. The fourth-order valence-corrected chi connectivity index (χ4v) is 6.36. The number of benzene rings is 3. The minimum absolute atomic E-state index is 0.0114. The number of hydrogen-bond donors (Lipinski definition) is 0. The number of nitro benzene ring substituents is 1. The van der Waals surface area contributed by atoms with Crippen LogP contribution in [-0.2, 0) is 4.74 Å². The Morgan fingerprint density at radius 1 is 0.979 bits per heavy atom. The maximum Gasteiger partial charge on any atom is 0.387 e. The maximum atomic E-state index is 14.2. The number of rotatable bonds is 9. The first-order chi connectivity index (χ1) is 22.7. The number of anilines is 1. The molecule has 1 aliphatic carbocycles. The number of morpholine rings is 1. The summed E-state index contributed by atoms with van der Waals surface area (Å²) in [6, 6.07) is 15.8. The molecule has 3 aromatic rings. The highest BCUT2D eigenvalue weighted by molar-refractivity contribution is 6.09. The van der Waals surface area contributed by atoms with E-state index in [2.05, 4.69) is 9.47 Å². The Bertz CT molecular complexity index is 1710. The van der Waals surface area contributed by atoms with Crippen LogP contribution in [0.3, 0.4) is 0 Å². The van der Waals surface area contributed by atoms with Gasteiger partial charge in [-0.3, -0.25) is 14.9 Å². The number of hydrazone groups is 1. The molecular weight excluding hydrogens is 624 g/mol. The van der Waals surface area contributed by atoms with Gasteiger partial charge < -0.3 is 19.1 Å². The SMILES string of the molecule is O=C(c1ccc(N2CCOCC2)c([N+](=O)[O-])c1)N1N=C2/C(=C/c3cccc(OC(F)F)c3)CCC[C@H]2[C@H]1c1cccc(OC(F)F)c1. The quantitative estimate of drug-likeness (QED) is 0.138. The van der Waals surface area contributed by atoms with E-state index in [9.17, 15) is 32.5 Å². The van der Waals surface area contributed by atoms with Crippen LogP contribution in [0.1, 0.15) is 46.8 Å². The Labute approximate surface area is 267 Å². The summed E-state index contributed by atoms with van der Waals surface area (Å²) in [5.74, 6) is -1.07. The molecule has 1 saturated heterocycles. The lowest BCUT2D eigenvalue weighted by atomic mass is 9.77. The Hall–Kier alpha value is -4.98. The van der Waals surface area contributed by atoms with Crippen molar-refractivity contribution in [1.29, 1.82) is 0 Å². The number of nitrogens with zero attached hydrogens (tertiary/aromatic N) is 4. The molecule has 1 amide bonds. The van der Waals surface area contributed by atoms with Gasteiger partial charge in [-0.1, -0.05) is 24.3 Å². The van der Waals surface area contributed by atoms with Crippen molar-refractivity contribution in [3.63, 3.8) is 0 Å². The molecule has 2 atom stereocenters. The van der Waals surface area contributed by atoms with Crippen molar-refractivity contribution in [1.82, 2.24) is 5.01 Å². The average molecular weight is 655 g/mol. The molecule has 2 fully saturated rings. The van der Waals surface area contributed by atoms with Gasteiger partial charge in [0.1, 0.15) is 17.2 Å². The third kappa shape index (κ3) is 7.07. The Morgan fingerprint density at radius 2 is 1.68 bits per heavy atom. The van der Waals surface area contributed by atoms with E-state index < -0.39 is 30.1 Å². The second-order valence-electron chi connectivity index (χ2n) is 11.2. The molecule has 47 heavy (non-hydrogen) atoms. The molecule has 246 valence electrons. The van der Waals surface area contributed by atoms with Crippen molar-refractivity contribution in [3.8, 4) is 11.5 Å². The van der Waals surface area contributed by atoms with Gasteiger partial charge in [0.2, 0.25) is 0 Å². The van der Waals surface area contributed by atoms with E-state index in [1.807, 2.05) is 4.90 Å². The summed E-state index contributed by atoms with van der Waals surface area (Å²) >= 11 is 0. The van der Waals surface area contributed by atoms with Gasteiger partial charge in [-0.2, -0.15) is 22.7 Å². The largest absolute Gasteiger partial charge is 0.435 e. The summed E-state index contributed by atoms with van der Waals surface area (Å²) in [6.45, 7) is -4.29. The molecule has 10 nitrogen and oxygen atoms in total. The van der Waals surface area contributed by atoms with Gasteiger partial charge in [0.05, 0.1) is 29.9 Å². The zero-order valence-corrected chi connectivity index (χ0v) is 24.9. The van der Waals surface area contributed by atoms with E-state index in [-0.39, 0.29) is 28.7 Å². The van der Waals surface area contributed by atoms with E-state index in [0.717, 1.165) is 5.57 Å². The molecule has 1 saturated carbocycles. The van der Waals surface area contributed by atoms with Crippen molar-refractivity contribution in [2.75, 3.05) is 31.2 Å². The van der Waals surface area contributed by atoms with Gasteiger partial charge in [-0.05, 0) is 78.4 Å². The van der Waals surface area contributed by atoms with Crippen LogP contribution < -0.4 is 14.4 Å². The Kier molecular flexibility index (Phi) is 9.38. The maximum absolute atomic E-state index is 14.2. The molecule has 0 N–H and O–H groups in total. The smallest absolute Gasteiger partial charge is 0.387 e. The summed E-state index contributed by atoms with van der Waals surface area (Å²) in [5.41, 5.74) is 2.59. The minimum Gasteiger partial charge on any atom is -0.435 e. The van der Waals surface area contributed by atoms with Crippen LogP contribution in [0.4, 0.5) is 28.9 Å². The first-order valence-corrected chi connectivity index (χ1v) is 15.0. The fraction of sp³-hybridized carbons (Fsp3) is 0.333. The van der Waals surface area contributed by atoms with Gasteiger partial charge in [0.15, 0.2) is 0 Å². The lowest BCUT2D eigenvalue weighted by Crippen LogP contribution is -2.36. The average Bonchev–Trinajstić information content (AvgIpc) is 3.45. The molecule has 2 heterocycles. The number of allylic oxidation sites excluding steroid dienone is 1. The topological polar surface area (TPSA) is 107 Å². The summed E-state index contributed by atoms with van der Waals surface area (Å²) < 4.78 is 66.5. The third-order valence-electron chi connectivity index (χ3n) is 8.33. The summed E-state index contributed by atoms with van der Waals surface area (Å²) in [4.78, 5) is 27.6. The van der Waals surface area contributed by atoms with Crippen molar-refractivity contribution < 1.29 is 41.5 Å². The number of carbonyl (C=O) groups is 1. The number of nitro groups is 1.